The predicted octanol–water partition coefficient (Wildman–Crippen LogP) is 4.42. The summed E-state index contributed by atoms with van der Waals surface area (Å²) in [5.41, 5.74) is 4.16. The van der Waals surface area contributed by atoms with Crippen LogP contribution in [0.4, 0.5) is 10.1 Å². The first kappa shape index (κ1) is 13.3. The third-order valence-corrected chi connectivity index (χ3v) is 4.75. The van der Waals surface area contributed by atoms with Gasteiger partial charge in [0.25, 0.3) is 0 Å². The van der Waals surface area contributed by atoms with Gasteiger partial charge in [0.2, 0.25) is 0 Å². The molecule has 0 aliphatic carbocycles. The maximum absolute atomic E-state index is 13.3. The van der Waals surface area contributed by atoms with Crippen LogP contribution >= 0.6 is 11.3 Å². The van der Waals surface area contributed by atoms with Crippen molar-refractivity contribution >= 4 is 32.2 Å². The summed E-state index contributed by atoms with van der Waals surface area (Å²) in [7, 11) is 4.04. The lowest BCUT2D eigenvalue weighted by Crippen LogP contribution is -2.07. The van der Waals surface area contributed by atoms with Gasteiger partial charge >= 0.3 is 0 Å². The molecule has 3 nitrogen and oxygen atoms in total. The highest BCUT2D eigenvalue weighted by atomic mass is 32.1. The molecule has 0 radical (unpaired) electrons. The van der Waals surface area contributed by atoms with E-state index in [2.05, 4.69) is 34.1 Å². The highest BCUT2D eigenvalue weighted by molar-refractivity contribution is 7.23. The van der Waals surface area contributed by atoms with E-state index in [4.69, 9.17) is 0 Å². The van der Waals surface area contributed by atoms with Crippen molar-refractivity contribution in [1.29, 1.82) is 0 Å². The van der Waals surface area contributed by atoms with E-state index in [1.54, 1.807) is 12.1 Å². The van der Waals surface area contributed by atoms with E-state index in [0.717, 1.165) is 32.1 Å². The molecule has 22 heavy (non-hydrogen) atoms. The van der Waals surface area contributed by atoms with Crippen LogP contribution in [0.1, 0.15) is 0 Å². The zero-order valence-electron chi connectivity index (χ0n) is 12.2. The van der Waals surface area contributed by atoms with Crippen molar-refractivity contribution in [2.75, 3.05) is 19.0 Å². The smallest absolute Gasteiger partial charge is 0.195 e. The van der Waals surface area contributed by atoms with Crippen LogP contribution in [0.3, 0.4) is 0 Å². The second-order valence-electron chi connectivity index (χ2n) is 5.43. The Morgan fingerprint density at radius 1 is 1.09 bits per heavy atom. The van der Waals surface area contributed by atoms with Gasteiger partial charge in [0.15, 0.2) is 4.96 Å². The van der Waals surface area contributed by atoms with E-state index in [1.165, 1.54) is 17.4 Å². The van der Waals surface area contributed by atoms with Crippen molar-refractivity contribution in [3.05, 3.63) is 54.5 Å². The van der Waals surface area contributed by atoms with Crippen LogP contribution < -0.4 is 4.90 Å². The molecule has 2 heterocycles. The molecule has 0 N–H and O–H groups in total. The first-order valence-corrected chi connectivity index (χ1v) is 7.78. The Hall–Kier alpha value is -2.40. The lowest BCUT2D eigenvalue weighted by atomic mass is 10.1. The van der Waals surface area contributed by atoms with Gasteiger partial charge in [0.05, 0.1) is 15.9 Å². The molecular formula is C17H14FN3S. The topological polar surface area (TPSA) is 20.5 Å². The number of hydrogen-bond acceptors (Lipinski definition) is 3. The van der Waals surface area contributed by atoms with Crippen molar-refractivity contribution in [3.63, 3.8) is 0 Å². The van der Waals surface area contributed by atoms with Gasteiger partial charge in [-0.2, -0.15) is 0 Å². The Balaban J connectivity index is 1.82. The summed E-state index contributed by atoms with van der Waals surface area (Å²) in [4.78, 5) is 7.62. The van der Waals surface area contributed by atoms with Crippen molar-refractivity contribution in [3.8, 4) is 11.3 Å². The van der Waals surface area contributed by atoms with Crippen LogP contribution in [-0.4, -0.2) is 23.5 Å². The Morgan fingerprint density at radius 2 is 1.86 bits per heavy atom. The van der Waals surface area contributed by atoms with Gasteiger partial charge in [-0.3, -0.25) is 4.40 Å². The molecule has 4 aromatic rings. The highest BCUT2D eigenvalue weighted by Gasteiger charge is 2.10. The molecule has 0 aliphatic heterocycles. The van der Waals surface area contributed by atoms with Gasteiger partial charge in [-0.1, -0.05) is 23.5 Å². The quantitative estimate of drug-likeness (QED) is 0.546. The van der Waals surface area contributed by atoms with Crippen LogP contribution in [0.2, 0.25) is 0 Å². The van der Waals surface area contributed by atoms with Crippen molar-refractivity contribution in [1.82, 2.24) is 9.38 Å². The fourth-order valence-corrected chi connectivity index (χ4v) is 3.58. The van der Waals surface area contributed by atoms with Gasteiger partial charge in [-0.25, -0.2) is 9.37 Å². The molecule has 0 spiro atoms. The maximum atomic E-state index is 13.3. The molecule has 110 valence electrons. The lowest BCUT2D eigenvalue weighted by molar-refractivity contribution is 0.630. The summed E-state index contributed by atoms with van der Waals surface area (Å²) in [6.45, 7) is 0. The number of benzene rings is 2. The third-order valence-electron chi connectivity index (χ3n) is 3.74. The van der Waals surface area contributed by atoms with E-state index in [-0.39, 0.29) is 5.82 Å². The number of aromatic nitrogens is 2. The number of fused-ring (bicyclic) bond motifs is 3. The highest BCUT2D eigenvalue weighted by Crippen LogP contribution is 2.30. The van der Waals surface area contributed by atoms with Gasteiger partial charge in [-0.05, 0) is 30.3 Å². The molecule has 0 aliphatic rings. The average molecular weight is 311 g/mol. The fourth-order valence-electron chi connectivity index (χ4n) is 2.54. The zero-order chi connectivity index (χ0) is 15.3. The lowest BCUT2D eigenvalue weighted by Gasteiger charge is -2.12. The van der Waals surface area contributed by atoms with Crippen LogP contribution in [-0.2, 0) is 0 Å². The SMILES string of the molecule is CN(C)c1ccc(-c2cn3c(n2)sc2cc(F)ccc23)cc1. The van der Waals surface area contributed by atoms with E-state index in [0.29, 0.717) is 0 Å². The molecule has 5 heteroatoms. The minimum Gasteiger partial charge on any atom is -0.378 e. The number of imidazole rings is 1. The summed E-state index contributed by atoms with van der Waals surface area (Å²) in [5, 5.41) is 0. The summed E-state index contributed by atoms with van der Waals surface area (Å²) >= 11 is 1.50. The summed E-state index contributed by atoms with van der Waals surface area (Å²) < 4.78 is 16.2. The number of anilines is 1. The fraction of sp³-hybridized carbons (Fsp3) is 0.118. The number of thiazole rings is 1. The largest absolute Gasteiger partial charge is 0.378 e. The summed E-state index contributed by atoms with van der Waals surface area (Å²) in [5.74, 6) is -0.212. The zero-order valence-corrected chi connectivity index (χ0v) is 13.1. The number of halogens is 1. The minimum absolute atomic E-state index is 0.212. The molecular weight excluding hydrogens is 297 g/mol. The molecule has 2 aromatic heterocycles. The molecule has 0 fully saturated rings. The normalized spacial score (nSPS) is 11.4. The first-order chi connectivity index (χ1) is 10.6. The Kier molecular flexibility index (Phi) is 2.90. The second kappa shape index (κ2) is 4.81. The van der Waals surface area contributed by atoms with Crippen LogP contribution in [0.15, 0.2) is 48.7 Å². The van der Waals surface area contributed by atoms with Gasteiger partial charge in [0, 0.05) is 31.5 Å². The molecule has 0 unspecified atom stereocenters. The molecule has 0 amide bonds. The van der Waals surface area contributed by atoms with Gasteiger partial charge < -0.3 is 4.90 Å². The molecule has 4 rings (SSSR count). The monoisotopic (exact) mass is 311 g/mol. The molecule has 0 bridgehead atoms. The first-order valence-electron chi connectivity index (χ1n) is 6.97. The van der Waals surface area contributed by atoms with Gasteiger partial charge in [0.1, 0.15) is 5.82 Å². The molecule has 2 aromatic carbocycles. The van der Waals surface area contributed by atoms with Crippen LogP contribution in [0, 0.1) is 5.82 Å². The van der Waals surface area contributed by atoms with Crippen molar-refractivity contribution in [2.45, 2.75) is 0 Å². The number of rotatable bonds is 2. The second-order valence-corrected chi connectivity index (χ2v) is 6.44. The van der Waals surface area contributed by atoms with Crippen molar-refractivity contribution < 1.29 is 4.39 Å². The van der Waals surface area contributed by atoms with E-state index >= 15 is 0 Å². The number of hydrogen-bond donors (Lipinski definition) is 0. The summed E-state index contributed by atoms with van der Waals surface area (Å²) in [6, 6.07) is 13.1. The molecule has 0 atom stereocenters. The van der Waals surface area contributed by atoms with Gasteiger partial charge in [-0.15, -0.1) is 0 Å². The Bertz CT molecular complexity index is 967. The van der Waals surface area contributed by atoms with Crippen LogP contribution in [0.25, 0.3) is 26.4 Å². The number of nitrogens with zero attached hydrogens (tertiary/aromatic N) is 3. The maximum Gasteiger partial charge on any atom is 0.195 e. The summed E-state index contributed by atoms with van der Waals surface area (Å²) in [6.07, 6.45) is 2.01. The van der Waals surface area contributed by atoms with E-state index < -0.39 is 0 Å². The van der Waals surface area contributed by atoms with E-state index in [9.17, 15) is 4.39 Å². The molecule has 0 saturated heterocycles. The minimum atomic E-state index is -0.212. The predicted molar refractivity (Wildman–Crippen MR) is 90.3 cm³/mol. The Morgan fingerprint density at radius 3 is 2.59 bits per heavy atom. The Labute approximate surface area is 131 Å². The van der Waals surface area contributed by atoms with Crippen LogP contribution in [0.5, 0.6) is 0 Å². The average Bonchev–Trinajstić information content (AvgIpc) is 3.04. The standard InChI is InChI=1S/C17H14FN3S/c1-20(2)13-6-3-11(4-7-13)14-10-21-15-8-5-12(18)9-16(15)22-17(21)19-14/h3-10H,1-2H3. The third kappa shape index (κ3) is 2.05. The molecule has 0 saturated carbocycles. The van der Waals surface area contributed by atoms with Crippen molar-refractivity contribution in [2.24, 2.45) is 0 Å². The van der Waals surface area contributed by atoms with E-state index in [1.807, 2.05) is 24.7 Å².